The van der Waals surface area contributed by atoms with Gasteiger partial charge < -0.3 is 5.32 Å². The van der Waals surface area contributed by atoms with Crippen molar-refractivity contribution in [1.29, 1.82) is 0 Å². The second-order valence-electron chi connectivity index (χ2n) is 8.10. The van der Waals surface area contributed by atoms with Crippen LogP contribution in [-0.4, -0.2) is 13.7 Å². The summed E-state index contributed by atoms with van der Waals surface area (Å²) in [5.74, 6) is -0.407. The van der Waals surface area contributed by atoms with Gasteiger partial charge in [-0.2, -0.15) is 0 Å². The number of aryl methyl sites for hydroxylation is 1. The maximum atomic E-state index is 14.3. The number of rotatable bonds is 5. The van der Waals surface area contributed by atoms with Gasteiger partial charge in [0.15, 0.2) is 0 Å². The van der Waals surface area contributed by atoms with Gasteiger partial charge in [0.2, 0.25) is 0 Å². The average Bonchev–Trinajstić information content (AvgIpc) is 3.63. The molecule has 2 aromatic heterocycles. The molecule has 168 valence electrons. The van der Waals surface area contributed by atoms with Crippen LogP contribution in [0.15, 0.2) is 73.5 Å². The van der Waals surface area contributed by atoms with Crippen molar-refractivity contribution in [2.75, 3.05) is 5.32 Å². The second kappa shape index (κ2) is 8.15. The molecule has 1 aliphatic rings. The number of benzene rings is 2. The molecule has 5 rings (SSSR count). The largest absolute Gasteiger partial charge is 0.380 e. The predicted octanol–water partition coefficient (Wildman–Crippen LogP) is 3.70. The minimum absolute atomic E-state index is 0.0564. The second-order valence-corrected chi connectivity index (χ2v) is 9.02. The molecule has 0 radical (unpaired) electrons. The van der Waals surface area contributed by atoms with Crippen molar-refractivity contribution < 1.29 is 4.39 Å². The lowest BCUT2D eigenvalue weighted by Crippen LogP contribution is -2.41. The van der Waals surface area contributed by atoms with Crippen molar-refractivity contribution in [3.05, 3.63) is 102 Å². The molecule has 0 saturated heterocycles. The molecular weight excluding hydrogens is 491 g/mol. The first-order chi connectivity index (χ1) is 15.9. The Morgan fingerprint density at radius 1 is 1.06 bits per heavy atom. The third-order valence-corrected chi connectivity index (χ3v) is 6.35. The van der Waals surface area contributed by atoms with Crippen LogP contribution in [0.3, 0.4) is 0 Å². The first-order valence-electron chi connectivity index (χ1n) is 10.5. The maximum Gasteiger partial charge on any atom is 0.337 e. The Balaban J connectivity index is 1.80. The molecule has 0 unspecified atom stereocenters. The quantitative estimate of drug-likeness (QED) is 0.444. The van der Waals surface area contributed by atoms with Crippen LogP contribution in [0.1, 0.15) is 24.4 Å². The van der Waals surface area contributed by atoms with E-state index in [1.807, 2.05) is 6.07 Å². The summed E-state index contributed by atoms with van der Waals surface area (Å²) < 4.78 is 19.0. The van der Waals surface area contributed by atoms with E-state index >= 15 is 0 Å². The molecule has 1 aliphatic carbocycles. The Morgan fingerprint density at radius 3 is 2.48 bits per heavy atom. The fraction of sp³-hybridized carbons (Fsp3) is 0.208. The Morgan fingerprint density at radius 2 is 1.79 bits per heavy atom. The zero-order valence-corrected chi connectivity index (χ0v) is 19.3. The lowest BCUT2D eigenvalue weighted by atomic mass is 10.2. The van der Waals surface area contributed by atoms with Gasteiger partial charge in [-0.15, -0.1) is 0 Å². The van der Waals surface area contributed by atoms with E-state index in [1.165, 1.54) is 32.9 Å². The highest BCUT2D eigenvalue weighted by atomic mass is 79.9. The van der Waals surface area contributed by atoms with Gasteiger partial charge in [-0.1, -0.05) is 34.1 Å². The lowest BCUT2D eigenvalue weighted by molar-refractivity contribution is 0.612. The molecule has 1 saturated carbocycles. The third kappa shape index (κ3) is 3.72. The van der Waals surface area contributed by atoms with Crippen molar-refractivity contribution in [1.82, 2.24) is 13.7 Å². The summed E-state index contributed by atoms with van der Waals surface area (Å²) in [4.78, 5) is 39.8. The maximum absolute atomic E-state index is 14.3. The summed E-state index contributed by atoms with van der Waals surface area (Å²) in [5.41, 5.74) is 0.0369. The summed E-state index contributed by atoms with van der Waals surface area (Å²) in [6.45, 7) is 0.0564. The summed E-state index contributed by atoms with van der Waals surface area (Å²) in [6, 6.07) is 14.6. The molecule has 4 aromatic rings. The van der Waals surface area contributed by atoms with E-state index in [0.717, 1.165) is 12.8 Å². The summed E-state index contributed by atoms with van der Waals surface area (Å²) in [5, 5.41) is 3.27. The highest BCUT2D eigenvalue weighted by molar-refractivity contribution is 9.10. The van der Waals surface area contributed by atoms with E-state index in [2.05, 4.69) is 21.2 Å². The number of hydrogen-bond donors (Lipinski definition) is 1. The van der Waals surface area contributed by atoms with Gasteiger partial charge in [0.05, 0.1) is 11.4 Å². The van der Waals surface area contributed by atoms with Gasteiger partial charge in [0.25, 0.3) is 11.1 Å². The average molecular weight is 511 g/mol. The molecular formula is C24H20BrFN4O3. The highest BCUT2D eigenvalue weighted by Crippen LogP contribution is 2.33. The van der Waals surface area contributed by atoms with Gasteiger partial charge in [0, 0.05) is 35.7 Å². The molecule has 2 heterocycles. The summed E-state index contributed by atoms with van der Waals surface area (Å²) in [6.07, 6.45) is 1.49. The van der Waals surface area contributed by atoms with Crippen molar-refractivity contribution in [2.45, 2.75) is 25.4 Å². The summed E-state index contributed by atoms with van der Waals surface area (Å²) in [7, 11) is 1.53. The first kappa shape index (κ1) is 21.4. The minimum Gasteiger partial charge on any atom is -0.380 e. The predicted molar refractivity (Wildman–Crippen MR) is 129 cm³/mol. The van der Waals surface area contributed by atoms with Crippen LogP contribution < -0.4 is 22.1 Å². The molecule has 0 atom stereocenters. The van der Waals surface area contributed by atoms with E-state index < -0.39 is 22.6 Å². The lowest BCUT2D eigenvalue weighted by Gasteiger charge is -2.19. The van der Waals surface area contributed by atoms with Crippen molar-refractivity contribution in [3.8, 4) is 5.69 Å². The van der Waals surface area contributed by atoms with Crippen LogP contribution >= 0.6 is 15.9 Å². The number of para-hydroxylation sites is 1. The van der Waals surface area contributed by atoms with Crippen LogP contribution in [-0.2, 0) is 13.6 Å². The van der Waals surface area contributed by atoms with E-state index in [1.54, 1.807) is 36.4 Å². The minimum atomic E-state index is -0.480. The van der Waals surface area contributed by atoms with Crippen LogP contribution in [0.4, 0.5) is 10.1 Å². The van der Waals surface area contributed by atoms with Crippen molar-refractivity contribution >= 4 is 32.7 Å². The van der Waals surface area contributed by atoms with Gasteiger partial charge in [0.1, 0.15) is 16.9 Å². The molecule has 0 amide bonds. The van der Waals surface area contributed by atoms with Gasteiger partial charge >= 0.3 is 5.69 Å². The number of pyridine rings is 1. The smallest absolute Gasteiger partial charge is 0.337 e. The van der Waals surface area contributed by atoms with Crippen molar-refractivity contribution in [2.24, 2.45) is 7.05 Å². The molecule has 0 spiro atoms. The Hall–Kier alpha value is -3.46. The van der Waals surface area contributed by atoms with Gasteiger partial charge in [-0.3, -0.25) is 18.7 Å². The fourth-order valence-corrected chi connectivity index (χ4v) is 4.44. The number of halogens is 2. The summed E-state index contributed by atoms with van der Waals surface area (Å²) >= 11 is 3.33. The Labute approximate surface area is 195 Å². The van der Waals surface area contributed by atoms with Crippen LogP contribution in [0.25, 0.3) is 16.7 Å². The number of anilines is 1. The molecule has 0 aliphatic heterocycles. The molecule has 7 nitrogen and oxygen atoms in total. The zero-order valence-electron chi connectivity index (χ0n) is 17.7. The first-order valence-corrected chi connectivity index (χ1v) is 11.3. The Bertz CT molecular complexity index is 1570. The standard InChI is InChI=1S/C24H20BrFN4O3/c1-28-20(31)12-19(27-13-14-11-15(25)7-10-18(14)26)21-22(28)29(16-5-3-2-4-6-16)24(33)30(23(21)32)17-8-9-17/h2-7,10-12,17,27H,8-9,13H2,1H3. The number of nitrogens with zero attached hydrogens (tertiary/aromatic N) is 3. The van der Waals surface area contributed by atoms with Gasteiger partial charge in [-0.05, 0) is 43.2 Å². The molecule has 1 fully saturated rings. The zero-order chi connectivity index (χ0) is 23.3. The van der Waals surface area contributed by atoms with E-state index in [4.69, 9.17) is 0 Å². The van der Waals surface area contributed by atoms with Crippen LogP contribution in [0.5, 0.6) is 0 Å². The molecule has 0 bridgehead atoms. The number of fused-ring (bicyclic) bond motifs is 1. The number of hydrogen-bond acceptors (Lipinski definition) is 4. The molecule has 2 aromatic carbocycles. The van der Waals surface area contributed by atoms with Crippen molar-refractivity contribution in [3.63, 3.8) is 0 Å². The van der Waals surface area contributed by atoms with E-state index in [9.17, 15) is 18.8 Å². The van der Waals surface area contributed by atoms with Gasteiger partial charge in [-0.25, -0.2) is 13.8 Å². The topological polar surface area (TPSA) is 78.0 Å². The van der Waals surface area contributed by atoms with Crippen LogP contribution in [0.2, 0.25) is 0 Å². The highest BCUT2D eigenvalue weighted by Gasteiger charge is 2.30. The normalized spacial score (nSPS) is 13.4. The monoisotopic (exact) mass is 510 g/mol. The fourth-order valence-electron chi connectivity index (χ4n) is 4.04. The molecule has 33 heavy (non-hydrogen) atoms. The van der Waals surface area contributed by atoms with E-state index in [-0.39, 0.29) is 29.3 Å². The number of nitrogens with one attached hydrogen (secondary N) is 1. The molecule has 9 heteroatoms. The van der Waals surface area contributed by atoms with E-state index in [0.29, 0.717) is 15.7 Å². The Kier molecular flexibility index (Phi) is 5.28. The number of aromatic nitrogens is 3. The third-order valence-electron chi connectivity index (χ3n) is 5.85. The van der Waals surface area contributed by atoms with Crippen LogP contribution in [0, 0.1) is 5.82 Å². The SMILES string of the molecule is Cn1c(=O)cc(NCc2cc(Br)ccc2F)c2c(=O)n(C3CC3)c(=O)n(-c3ccccc3)c21. The molecule has 1 N–H and O–H groups in total.